The summed E-state index contributed by atoms with van der Waals surface area (Å²) in [6.45, 7) is 4.41. The van der Waals surface area contributed by atoms with E-state index >= 15 is 0 Å². The number of hydrogen-bond donors (Lipinski definition) is 1. The fraction of sp³-hybridized carbons (Fsp3) is 0.588. The van der Waals surface area contributed by atoms with Crippen LogP contribution in [0, 0.1) is 16.2 Å². The number of nitrogens with one attached hydrogen (secondary N) is 1. The van der Waals surface area contributed by atoms with Crippen LogP contribution >= 0.6 is 47.8 Å². The number of alkyl halides is 3. The molecule has 0 aromatic heterocycles. The molecule has 3 aliphatic rings. The van der Waals surface area contributed by atoms with Gasteiger partial charge in [-0.25, -0.2) is 0 Å². The van der Waals surface area contributed by atoms with E-state index in [1.54, 1.807) is 7.11 Å². The topological polar surface area (TPSA) is 38.3 Å². The van der Waals surface area contributed by atoms with Crippen molar-refractivity contribution in [3.05, 3.63) is 24.3 Å². The predicted octanol–water partition coefficient (Wildman–Crippen LogP) is 5.32. The third kappa shape index (κ3) is 2.00. The molecule has 0 aliphatic heterocycles. The summed E-state index contributed by atoms with van der Waals surface area (Å²) in [7, 11) is 1.62. The Morgan fingerprint density at radius 1 is 1.30 bits per heavy atom. The lowest BCUT2D eigenvalue weighted by Crippen LogP contribution is -2.71. The second-order valence-corrected chi connectivity index (χ2v) is 10.9. The smallest absolute Gasteiger partial charge is 0.232 e. The first kappa shape index (κ1) is 17.7. The van der Waals surface area contributed by atoms with Gasteiger partial charge < -0.3 is 10.1 Å². The summed E-state index contributed by atoms with van der Waals surface area (Å²) in [6, 6.07) is 7.53. The van der Waals surface area contributed by atoms with Gasteiger partial charge in [0.1, 0.15) is 5.75 Å². The van der Waals surface area contributed by atoms with Crippen molar-refractivity contribution < 1.29 is 9.53 Å². The first-order valence-electron chi connectivity index (χ1n) is 7.62. The number of benzene rings is 1. The zero-order valence-electron chi connectivity index (χ0n) is 13.3. The lowest BCUT2D eigenvalue weighted by atomic mass is 9.43. The maximum Gasteiger partial charge on any atom is 0.232 e. The van der Waals surface area contributed by atoms with E-state index in [1.165, 1.54) is 0 Å². The normalized spacial score (nSPS) is 34.1. The van der Waals surface area contributed by atoms with E-state index in [-0.39, 0.29) is 25.3 Å². The molecule has 0 heterocycles. The van der Waals surface area contributed by atoms with Gasteiger partial charge in [0.15, 0.2) is 0 Å². The summed E-state index contributed by atoms with van der Waals surface area (Å²) in [5, 5.41) is 3.10. The van der Waals surface area contributed by atoms with Crippen LogP contribution in [0.4, 0.5) is 5.69 Å². The Bertz CT molecular complexity index is 648. The van der Waals surface area contributed by atoms with Gasteiger partial charge in [-0.3, -0.25) is 4.79 Å². The molecule has 0 saturated heterocycles. The van der Waals surface area contributed by atoms with Gasteiger partial charge in [0, 0.05) is 10.2 Å². The summed E-state index contributed by atoms with van der Waals surface area (Å²) in [5.74, 6) is 0.756. The van der Waals surface area contributed by atoms with Gasteiger partial charge in [0.05, 0.1) is 21.9 Å². The van der Waals surface area contributed by atoms with Crippen LogP contribution in [0.1, 0.15) is 26.7 Å². The van der Waals surface area contributed by atoms with Crippen LogP contribution in [-0.2, 0) is 4.79 Å². The van der Waals surface area contributed by atoms with Crippen molar-refractivity contribution in [1.29, 1.82) is 0 Å². The zero-order chi connectivity index (χ0) is 17.0. The molecule has 3 unspecified atom stereocenters. The van der Waals surface area contributed by atoms with Crippen molar-refractivity contribution in [3.8, 4) is 5.75 Å². The number of carbonyl (C=O) groups excluding carboxylic acids is 1. The minimum atomic E-state index is -0.409. The van der Waals surface area contributed by atoms with Gasteiger partial charge in [0.2, 0.25) is 5.91 Å². The second kappa shape index (κ2) is 5.73. The maximum absolute atomic E-state index is 13.2. The number of halogens is 3. The van der Waals surface area contributed by atoms with Crippen molar-refractivity contribution in [1.82, 2.24) is 0 Å². The standard InChI is InChI=1S/C17H20Br3NO2/c1-15(2)16(13(19)20)8-9-17(15,12(16)18)14(22)21-10-6-4-5-7-11(10)23-3/h4-7,12-13H,8-9H2,1-3H3,(H,21,22). The van der Waals surface area contributed by atoms with Crippen molar-refractivity contribution in [2.45, 2.75) is 35.3 Å². The zero-order valence-corrected chi connectivity index (χ0v) is 18.1. The van der Waals surface area contributed by atoms with E-state index in [1.807, 2.05) is 24.3 Å². The van der Waals surface area contributed by atoms with Crippen molar-refractivity contribution >= 4 is 59.4 Å². The molecular weight excluding hydrogens is 490 g/mol. The molecule has 3 saturated carbocycles. The lowest BCUT2D eigenvalue weighted by Gasteiger charge is -2.66. The summed E-state index contributed by atoms with van der Waals surface area (Å²) in [5.41, 5.74) is 0.236. The number of ether oxygens (including phenoxy) is 1. The Hall–Kier alpha value is -0.0700. The van der Waals surface area contributed by atoms with E-state index in [0.29, 0.717) is 5.75 Å². The minimum Gasteiger partial charge on any atom is -0.495 e. The molecular formula is C17H20Br3NO2. The van der Waals surface area contributed by atoms with Gasteiger partial charge in [-0.1, -0.05) is 73.8 Å². The fourth-order valence-corrected chi connectivity index (χ4v) is 9.60. The first-order valence-corrected chi connectivity index (χ1v) is 10.4. The molecule has 1 N–H and O–H groups in total. The van der Waals surface area contributed by atoms with Gasteiger partial charge >= 0.3 is 0 Å². The number of fused-ring (bicyclic) bond motifs is 1. The van der Waals surface area contributed by atoms with Gasteiger partial charge in [0.25, 0.3) is 0 Å². The van der Waals surface area contributed by atoms with Crippen LogP contribution in [-0.4, -0.2) is 21.6 Å². The molecule has 1 aromatic rings. The number of methoxy groups -OCH3 is 1. The van der Waals surface area contributed by atoms with Crippen molar-refractivity contribution in [3.63, 3.8) is 0 Å². The third-order valence-corrected chi connectivity index (χ3v) is 9.48. The van der Waals surface area contributed by atoms with E-state index in [4.69, 9.17) is 4.74 Å². The van der Waals surface area contributed by atoms with Gasteiger partial charge in [-0.05, 0) is 30.4 Å². The van der Waals surface area contributed by atoms with Crippen molar-refractivity contribution in [2.75, 3.05) is 12.4 Å². The molecule has 4 rings (SSSR count). The average molecular weight is 510 g/mol. The quantitative estimate of drug-likeness (QED) is 0.558. The molecule has 2 bridgehead atoms. The largest absolute Gasteiger partial charge is 0.495 e. The maximum atomic E-state index is 13.2. The molecule has 0 radical (unpaired) electrons. The van der Waals surface area contributed by atoms with Crippen LogP contribution in [0.2, 0.25) is 0 Å². The number of para-hydroxylation sites is 2. The van der Waals surface area contributed by atoms with Crippen molar-refractivity contribution in [2.24, 2.45) is 16.2 Å². The van der Waals surface area contributed by atoms with Crippen LogP contribution in [0.5, 0.6) is 5.75 Å². The van der Waals surface area contributed by atoms with Gasteiger partial charge in [-0.15, -0.1) is 0 Å². The summed E-state index contributed by atoms with van der Waals surface area (Å²) < 4.78 is 5.53. The molecule has 3 fully saturated rings. The van der Waals surface area contributed by atoms with Gasteiger partial charge in [-0.2, -0.15) is 0 Å². The van der Waals surface area contributed by atoms with Crippen LogP contribution in [0.3, 0.4) is 0 Å². The molecule has 0 spiro atoms. The lowest BCUT2D eigenvalue weighted by molar-refractivity contribution is -0.155. The van der Waals surface area contributed by atoms with E-state index in [2.05, 4.69) is 67.0 Å². The highest BCUT2D eigenvalue weighted by Gasteiger charge is 2.83. The summed E-state index contributed by atoms with van der Waals surface area (Å²) >= 11 is 11.3. The Kier molecular flexibility index (Phi) is 4.42. The molecule has 3 atom stereocenters. The molecule has 6 heteroatoms. The number of amides is 1. The minimum absolute atomic E-state index is 0.0329. The fourth-order valence-electron chi connectivity index (χ4n) is 4.68. The SMILES string of the molecule is COc1ccccc1NC(=O)C12CCC(C(Br)Br)(C1Br)C2(C)C. The predicted molar refractivity (Wildman–Crippen MR) is 104 cm³/mol. The Morgan fingerprint density at radius 2 is 1.96 bits per heavy atom. The van der Waals surface area contributed by atoms with E-state index in [9.17, 15) is 4.79 Å². The molecule has 3 nitrogen and oxygen atoms in total. The first-order chi connectivity index (χ1) is 10.8. The number of rotatable bonds is 4. The van der Waals surface area contributed by atoms with Crippen LogP contribution in [0.25, 0.3) is 0 Å². The molecule has 1 aromatic carbocycles. The molecule has 126 valence electrons. The van der Waals surface area contributed by atoms with E-state index < -0.39 is 5.41 Å². The number of hydrogen-bond acceptors (Lipinski definition) is 2. The average Bonchev–Trinajstić information content (AvgIpc) is 2.97. The number of carbonyl (C=O) groups is 1. The third-order valence-electron chi connectivity index (χ3n) is 6.25. The highest BCUT2D eigenvalue weighted by molar-refractivity contribution is 9.24. The Balaban J connectivity index is 1.92. The summed E-state index contributed by atoms with van der Waals surface area (Å²) in [4.78, 5) is 13.3. The highest BCUT2D eigenvalue weighted by Crippen LogP contribution is 2.82. The highest BCUT2D eigenvalue weighted by atomic mass is 79.9. The molecule has 3 aliphatic carbocycles. The number of anilines is 1. The van der Waals surface area contributed by atoms with E-state index in [0.717, 1.165) is 18.5 Å². The summed E-state index contributed by atoms with van der Waals surface area (Å²) in [6.07, 6.45) is 1.89. The molecule has 23 heavy (non-hydrogen) atoms. The van der Waals surface area contributed by atoms with Crippen LogP contribution < -0.4 is 10.1 Å². The van der Waals surface area contributed by atoms with Crippen LogP contribution in [0.15, 0.2) is 24.3 Å². The second-order valence-electron chi connectivity index (χ2n) is 6.95. The molecule has 1 amide bonds. The Morgan fingerprint density at radius 3 is 2.48 bits per heavy atom. The monoisotopic (exact) mass is 507 g/mol. The Labute approximate surface area is 162 Å².